The van der Waals surface area contributed by atoms with Crippen LogP contribution in [-0.4, -0.2) is 66.0 Å². The minimum absolute atomic E-state index is 0.0646. The minimum Gasteiger partial charge on any atom is -0.481 e. The lowest BCUT2D eigenvalue weighted by Crippen LogP contribution is -2.45. The van der Waals surface area contributed by atoms with Crippen LogP contribution in [0, 0.1) is 23.1 Å². The Kier molecular flexibility index (Phi) is 4.61. The number of halogens is 1. The molecular weight excluding hydrogens is 367 g/mol. The fraction of sp³-hybridized carbons (Fsp3) is 0.550. The number of carboxylic acid groups (broad SMARTS) is 1. The van der Waals surface area contributed by atoms with Gasteiger partial charge in [0.15, 0.2) is 0 Å². The quantitative estimate of drug-likeness (QED) is 0.841. The van der Waals surface area contributed by atoms with E-state index in [2.05, 4.69) is 0 Å². The number of amides is 2. The standard InChI is InChI=1S/C20H23FN2O5/c1-22-16(24)8-15(17(22)12-2-4-14(21)5-3-12)18(25)23-9-13-10-28-7-6-20(13,11-23)19(26)27/h2-5,13,15,17H,6-11H2,1H3,(H,26,27)/t13-,15?,17?,20+/m0/s1. The minimum atomic E-state index is -0.978. The van der Waals surface area contributed by atoms with Gasteiger partial charge in [-0.2, -0.15) is 0 Å². The number of fused-ring (bicyclic) bond motifs is 1. The molecule has 3 heterocycles. The number of carbonyl (C=O) groups is 3. The van der Waals surface area contributed by atoms with Crippen molar-refractivity contribution in [3.05, 3.63) is 35.6 Å². The van der Waals surface area contributed by atoms with Gasteiger partial charge in [-0.25, -0.2) is 4.39 Å². The molecule has 3 aliphatic rings. The Morgan fingerprint density at radius 1 is 1.29 bits per heavy atom. The van der Waals surface area contributed by atoms with Crippen molar-refractivity contribution >= 4 is 17.8 Å². The summed E-state index contributed by atoms with van der Waals surface area (Å²) in [4.78, 5) is 40.8. The van der Waals surface area contributed by atoms with E-state index in [1.54, 1.807) is 24.1 Å². The Balaban J connectivity index is 1.60. The van der Waals surface area contributed by atoms with E-state index in [1.807, 2.05) is 0 Å². The molecule has 0 aliphatic carbocycles. The molecule has 4 rings (SSSR count). The third kappa shape index (κ3) is 2.87. The molecule has 0 radical (unpaired) electrons. The van der Waals surface area contributed by atoms with Gasteiger partial charge in [-0.3, -0.25) is 14.4 Å². The van der Waals surface area contributed by atoms with Crippen LogP contribution >= 0.6 is 0 Å². The molecule has 28 heavy (non-hydrogen) atoms. The molecule has 150 valence electrons. The molecule has 4 atom stereocenters. The highest BCUT2D eigenvalue weighted by atomic mass is 19.1. The zero-order valence-corrected chi connectivity index (χ0v) is 15.6. The molecule has 1 N–H and O–H groups in total. The number of aliphatic carboxylic acids is 1. The number of carbonyl (C=O) groups excluding carboxylic acids is 2. The van der Waals surface area contributed by atoms with Gasteiger partial charge in [0.1, 0.15) is 5.82 Å². The molecule has 1 aromatic carbocycles. The Morgan fingerprint density at radius 2 is 2.00 bits per heavy atom. The molecule has 7 nitrogen and oxygen atoms in total. The second-order valence-corrected chi connectivity index (χ2v) is 8.01. The van der Waals surface area contributed by atoms with Crippen LogP contribution in [0.5, 0.6) is 0 Å². The molecular formula is C20H23FN2O5. The maximum Gasteiger partial charge on any atom is 0.311 e. The summed E-state index contributed by atoms with van der Waals surface area (Å²) in [5.74, 6) is -2.52. The molecule has 0 saturated carbocycles. The largest absolute Gasteiger partial charge is 0.481 e. The second-order valence-electron chi connectivity index (χ2n) is 8.01. The van der Waals surface area contributed by atoms with Gasteiger partial charge in [-0.15, -0.1) is 0 Å². The summed E-state index contributed by atoms with van der Waals surface area (Å²) in [6.45, 7) is 1.14. The number of benzene rings is 1. The van der Waals surface area contributed by atoms with Crippen molar-refractivity contribution in [1.29, 1.82) is 0 Å². The SMILES string of the molecule is CN1C(=O)CC(C(=O)N2C[C@H]3COCC[C@@]3(C(=O)O)C2)C1c1ccc(F)cc1. The summed E-state index contributed by atoms with van der Waals surface area (Å²) in [6, 6.07) is 5.32. The zero-order valence-electron chi connectivity index (χ0n) is 15.6. The van der Waals surface area contributed by atoms with Gasteiger partial charge in [0.05, 0.1) is 24.0 Å². The fourth-order valence-electron chi connectivity index (χ4n) is 4.91. The summed E-state index contributed by atoms with van der Waals surface area (Å²) in [6.07, 6.45) is 0.441. The average Bonchev–Trinajstić information content (AvgIpc) is 3.21. The monoisotopic (exact) mass is 390 g/mol. The lowest BCUT2D eigenvalue weighted by Gasteiger charge is -2.34. The summed E-state index contributed by atoms with van der Waals surface area (Å²) < 4.78 is 18.8. The average molecular weight is 390 g/mol. The van der Waals surface area contributed by atoms with E-state index in [9.17, 15) is 23.9 Å². The number of likely N-dealkylation sites (tertiary alicyclic amines) is 2. The van der Waals surface area contributed by atoms with E-state index in [-0.39, 0.29) is 36.5 Å². The molecule has 0 spiro atoms. The Morgan fingerprint density at radius 3 is 2.64 bits per heavy atom. The first-order valence-electron chi connectivity index (χ1n) is 9.44. The third-order valence-corrected chi connectivity index (χ3v) is 6.56. The number of rotatable bonds is 3. The van der Waals surface area contributed by atoms with E-state index in [4.69, 9.17) is 4.74 Å². The van der Waals surface area contributed by atoms with Crippen molar-refractivity contribution in [2.24, 2.45) is 17.3 Å². The second kappa shape index (κ2) is 6.84. The summed E-state index contributed by atoms with van der Waals surface area (Å²) in [5, 5.41) is 9.81. The number of hydrogen-bond donors (Lipinski definition) is 1. The molecule has 2 amide bonds. The van der Waals surface area contributed by atoms with Crippen molar-refractivity contribution in [3.63, 3.8) is 0 Å². The maximum atomic E-state index is 13.3. The zero-order chi connectivity index (χ0) is 20.1. The topological polar surface area (TPSA) is 87.2 Å². The molecule has 2 unspecified atom stereocenters. The lowest BCUT2D eigenvalue weighted by atomic mass is 9.74. The summed E-state index contributed by atoms with van der Waals surface area (Å²) in [7, 11) is 1.64. The van der Waals surface area contributed by atoms with Crippen LogP contribution in [-0.2, 0) is 19.1 Å². The van der Waals surface area contributed by atoms with Crippen LogP contribution in [0.3, 0.4) is 0 Å². The van der Waals surface area contributed by atoms with Crippen molar-refractivity contribution < 1.29 is 28.6 Å². The molecule has 8 heteroatoms. The highest BCUT2D eigenvalue weighted by Gasteiger charge is 2.56. The smallest absolute Gasteiger partial charge is 0.311 e. The van der Waals surface area contributed by atoms with E-state index in [0.29, 0.717) is 31.7 Å². The van der Waals surface area contributed by atoms with Gasteiger partial charge in [0, 0.05) is 39.1 Å². The van der Waals surface area contributed by atoms with E-state index in [0.717, 1.165) is 0 Å². The Bertz CT molecular complexity index is 813. The van der Waals surface area contributed by atoms with Crippen LogP contribution in [0.15, 0.2) is 24.3 Å². The predicted octanol–water partition coefficient (Wildman–Crippen LogP) is 1.29. The highest BCUT2D eigenvalue weighted by molar-refractivity contribution is 5.91. The first-order valence-corrected chi connectivity index (χ1v) is 9.44. The first-order chi connectivity index (χ1) is 13.3. The van der Waals surface area contributed by atoms with Crippen molar-refractivity contribution in [1.82, 2.24) is 9.80 Å². The Labute approximate surface area is 162 Å². The van der Waals surface area contributed by atoms with Crippen molar-refractivity contribution in [2.75, 3.05) is 33.4 Å². The maximum absolute atomic E-state index is 13.3. The molecule has 3 aliphatic heterocycles. The van der Waals surface area contributed by atoms with E-state index >= 15 is 0 Å². The first kappa shape index (κ1) is 18.9. The van der Waals surface area contributed by atoms with Crippen LogP contribution < -0.4 is 0 Å². The van der Waals surface area contributed by atoms with Gasteiger partial charge < -0.3 is 19.6 Å². The van der Waals surface area contributed by atoms with Crippen LogP contribution in [0.2, 0.25) is 0 Å². The van der Waals surface area contributed by atoms with Crippen LogP contribution in [0.25, 0.3) is 0 Å². The van der Waals surface area contributed by atoms with Crippen molar-refractivity contribution in [3.8, 4) is 0 Å². The number of hydrogen-bond acceptors (Lipinski definition) is 4. The third-order valence-electron chi connectivity index (χ3n) is 6.56. The van der Waals surface area contributed by atoms with Crippen LogP contribution in [0.1, 0.15) is 24.4 Å². The molecule has 1 aromatic rings. The number of nitrogens with zero attached hydrogens (tertiary/aromatic N) is 2. The highest BCUT2D eigenvalue weighted by Crippen LogP contribution is 2.45. The molecule has 0 bridgehead atoms. The van der Waals surface area contributed by atoms with Gasteiger partial charge in [-0.1, -0.05) is 12.1 Å². The van der Waals surface area contributed by atoms with Crippen molar-refractivity contribution in [2.45, 2.75) is 18.9 Å². The van der Waals surface area contributed by atoms with E-state index in [1.165, 1.54) is 17.0 Å². The van der Waals surface area contributed by atoms with Gasteiger partial charge in [0.2, 0.25) is 11.8 Å². The normalized spacial score (nSPS) is 32.5. The van der Waals surface area contributed by atoms with Crippen LogP contribution in [0.4, 0.5) is 4.39 Å². The molecule has 3 fully saturated rings. The molecule has 3 saturated heterocycles. The number of carboxylic acids is 1. The van der Waals surface area contributed by atoms with E-state index < -0.39 is 23.3 Å². The predicted molar refractivity (Wildman–Crippen MR) is 95.6 cm³/mol. The van der Waals surface area contributed by atoms with Gasteiger partial charge >= 0.3 is 5.97 Å². The lowest BCUT2D eigenvalue weighted by molar-refractivity contribution is -0.157. The fourth-order valence-corrected chi connectivity index (χ4v) is 4.91. The van der Waals surface area contributed by atoms with Gasteiger partial charge in [-0.05, 0) is 24.1 Å². The Hall–Kier alpha value is -2.48. The molecule has 0 aromatic heterocycles. The number of ether oxygens (including phenoxy) is 1. The summed E-state index contributed by atoms with van der Waals surface area (Å²) in [5.41, 5.74) is -0.283. The summed E-state index contributed by atoms with van der Waals surface area (Å²) >= 11 is 0. The van der Waals surface area contributed by atoms with Gasteiger partial charge in [0.25, 0.3) is 0 Å².